The first-order valence-corrected chi connectivity index (χ1v) is 7.58. The molecule has 0 bridgehead atoms. The predicted octanol–water partition coefficient (Wildman–Crippen LogP) is 2.41. The van der Waals surface area contributed by atoms with Gasteiger partial charge in [-0.3, -0.25) is 4.79 Å². The Bertz CT molecular complexity index is 823. The van der Waals surface area contributed by atoms with Gasteiger partial charge in [0.15, 0.2) is 5.78 Å². The highest BCUT2D eigenvalue weighted by molar-refractivity contribution is 6.00. The van der Waals surface area contributed by atoms with E-state index in [1.165, 1.54) is 31.2 Å². The normalized spacial score (nSPS) is 13.2. The lowest BCUT2D eigenvalue weighted by molar-refractivity contribution is 0.0989. The molecule has 0 spiro atoms. The van der Waals surface area contributed by atoms with Gasteiger partial charge in [0.05, 0.1) is 11.2 Å². The summed E-state index contributed by atoms with van der Waals surface area (Å²) in [5, 5.41) is 49.0. The number of rotatable bonds is 6. The zero-order valence-corrected chi connectivity index (χ0v) is 13.7. The molecule has 0 aliphatic heterocycles. The number of phenolic OH excluding ortho intramolecular Hbond substituents is 4. The van der Waals surface area contributed by atoms with E-state index in [9.17, 15) is 30.3 Å². The van der Waals surface area contributed by atoms with Crippen molar-refractivity contribution < 1.29 is 30.3 Å². The summed E-state index contributed by atoms with van der Waals surface area (Å²) in [6, 6.07) is 6.15. The number of Topliss-reactive ketones (excluding diaryl/α,β-unsaturated/α-hetero) is 1. The minimum absolute atomic E-state index is 0.00455. The third kappa shape index (κ3) is 4.30. The van der Waals surface area contributed by atoms with Crippen molar-refractivity contribution in [3.05, 3.63) is 59.7 Å². The highest BCUT2D eigenvalue weighted by Gasteiger charge is 2.21. The van der Waals surface area contributed by atoms with Crippen LogP contribution >= 0.6 is 0 Å². The molecule has 2 aromatic rings. The van der Waals surface area contributed by atoms with Gasteiger partial charge >= 0.3 is 0 Å². The SMILES string of the molecule is C=C[C@@](C)(O)Cc1cc(CC(=O)c2ccc(O)cc2O)c(O)cc1O. The van der Waals surface area contributed by atoms with Crippen LogP contribution < -0.4 is 0 Å². The fourth-order valence-corrected chi connectivity index (χ4v) is 2.44. The van der Waals surface area contributed by atoms with E-state index in [0.717, 1.165) is 12.1 Å². The van der Waals surface area contributed by atoms with E-state index in [1.54, 1.807) is 0 Å². The maximum absolute atomic E-state index is 12.4. The Kier molecular flexibility index (Phi) is 5.04. The lowest BCUT2D eigenvalue weighted by Crippen LogP contribution is -2.23. The molecule has 0 fully saturated rings. The van der Waals surface area contributed by atoms with E-state index in [4.69, 9.17) is 0 Å². The van der Waals surface area contributed by atoms with Gasteiger partial charge < -0.3 is 25.5 Å². The molecule has 0 saturated carbocycles. The Labute approximate surface area is 144 Å². The van der Waals surface area contributed by atoms with Crippen molar-refractivity contribution in [2.24, 2.45) is 0 Å². The van der Waals surface area contributed by atoms with Crippen LogP contribution in [0.15, 0.2) is 43.0 Å². The molecule has 6 nitrogen and oxygen atoms in total. The van der Waals surface area contributed by atoms with Crippen LogP contribution in [0.25, 0.3) is 0 Å². The first-order valence-electron chi connectivity index (χ1n) is 7.58. The second-order valence-corrected chi connectivity index (χ2v) is 6.15. The van der Waals surface area contributed by atoms with Gasteiger partial charge in [0.1, 0.15) is 23.0 Å². The van der Waals surface area contributed by atoms with Gasteiger partial charge in [0, 0.05) is 30.5 Å². The zero-order chi connectivity index (χ0) is 18.8. The summed E-state index contributed by atoms with van der Waals surface area (Å²) in [4.78, 5) is 12.4. The number of hydrogen-bond donors (Lipinski definition) is 5. The summed E-state index contributed by atoms with van der Waals surface area (Å²) in [7, 11) is 0. The smallest absolute Gasteiger partial charge is 0.171 e. The van der Waals surface area contributed by atoms with Crippen molar-refractivity contribution in [1.82, 2.24) is 0 Å². The fraction of sp³-hybridized carbons (Fsp3) is 0.211. The van der Waals surface area contributed by atoms with Crippen molar-refractivity contribution in [2.45, 2.75) is 25.4 Å². The number of hydrogen-bond acceptors (Lipinski definition) is 6. The average molecular weight is 344 g/mol. The van der Waals surface area contributed by atoms with Gasteiger partial charge in [0.25, 0.3) is 0 Å². The molecule has 0 aliphatic rings. The lowest BCUT2D eigenvalue weighted by atomic mass is 9.93. The summed E-state index contributed by atoms with van der Waals surface area (Å²) in [5.74, 6) is -1.48. The summed E-state index contributed by atoms with van der Waals surface area (Å²) >= 11 is 0. The van der Waals surface area contributed by atoms with Crippen molar-refractivity contribution in [2.75, 3.05) is 0 Å². The third-order valence-electron chi connectivity index (χ3n) is 3.90. The van der Waals surface area contributed by atoms with E-state index < -0.39 is 11.4 Å². The summed E-state index contributed by atoms with van der Waals surface area (Å²) < 4.78 is 0. The van der Waals surface area contributed by atoms with E-state index in [2.05, 4.69) is 6.58 Å². The maximum atomic E-state index is 12.4. The lowest BCUT2D eigenvalue weighted by Gasteiger charge is -2.20. The Morgan fingerprint density at radius 2 is 1.68 bits per heavy atom. The van der Waals surface area contributed by atoms with E-state index >= 15 is 0 Å². The number of phenols is 4. The van der Waals surface area contributed by atoms with Crippen LogP contribution in [0.5, 0.6) is 23.0 Å². The molecule has 6 heteroatoms. The topological polar surface area (TPSA) is 118 Å². The number of aliphatic hydroxyl groups is 1. The second kappa shape index (κ2) is 6.86. The van der Waals surface area contributed by atoms with Gasteiger partial charge in [-0.15, -0.1) is 6.58 Å². The molecule has 1 atom stereocenters. The predicted molar refractivity (Wildman–Crippen MR) is 92.1 cm³/mol. The molecular formula is C19H20O6. The number of carbonyl (C=O) groups excluding carboxylic acids is 1. The molecule has 132 valence electrons. The van der Waals surface area contributed by atoms with E-state index in [0.29, 0.717) is 5.56 Å². The fourth-order valence-electron chi connectivity index (χ4n) is 2.44. The standard InChI is InChI=1S/C19H20O6/c1-3-19(2,25)10-12-6-11(15(21)9-16(12)22)7-17(23)14-5-4-13(20)8-18(14)24/h3-6,8-9,20-22,24-25H,1,7,10H2,2H3/t19-/m1/s1. The third-order valence-corrected chi connectivity index (χ3v) is 3.90. The molecule has 0 unspecified atom stereocenters. The van der Waals surface area contributed by atoms with Crippen molar-refractivity contribution in [3.8, 4) is 23.0 Å². The first kappa shape index (κ1) is 18.4. The molecule has 0 aliphatic carbocycles. The average Bonchev–Trinajstić information content (AvgIpc) is 2.51. The minimum Gasteiger partial charge on any atom is -0.508 e. The van der Waals surface area contributed by atoms with Gasteiger partial charge in [0.2, 0.25) is 0 Å². The molecule has 0 aromatic heterocycles. The van der Waals surface area contributed by atoms with Crippen LogP contribution in [0.3, 0.4) is 0 Å². The largest absolute Gasteiger partial charge is 0.508 e. The molecule has 25 heavy (non-hydrogen) atoms. The summed E-state index contributed by atoms with van der Waals surface area (Å²) in [5.41, 5.74) is -0.666. The maximum Gasteiger partial charge on any atom is 0.171 e. The highest BCUT2D eigenvalue weighted by Crippen LogP contribution is 2.32. The van der Waals surface area contributed by atoms with E-state index in [-0.39, 0.29) is 47.0 Å². The van der Waals surface area contributed by atoms with Gasteiger partial charge in [-0.1, -0.05) is 6.08 Å². The van der Waals surface area contributed by atoms with Gasteiger partial charge in [-0.05, 0) is 30.7 Å². The first-order chi connectivity index (χ1) is 11.6. The van der Waals surface area contributed by atoms with Crippen LogP contribution in [-0.2, 0) is 12.8 Å². The van der Waals surface area contributed by atoms with Crippen LogP contribution in [0, 0.1) is 0 Å². The Morgan fingerprint density at radius 1 is 1.04 bits per heavy atom. The second-order valence-electron chi connectivity index (χ2n) is 6.15. The molecule has 0 heterocycles. The molecule has 0 saturated heterocycles. The molecule has 5 N–H and O–H groups in total. The molecule has 2 rings (SSSR count). The van der Waals surface area contributed by atoms with Crippen LogP contribution in [0.2, 0.25) is 0 Å². The number of benzene rings is 2. The Morgan fingerprint density at radius 3 is 2.28 bits per heavy atom. The monoisotopic (exact) mass is 344 g/mol. The minimum atomic E-state index is -1.26. The van der Waals surface area contributed by atoms with E-state index in [1.807, 2.05) is 0 Å². The quantitative estimate of drug-likeness (QED) is 0.406. The molecule has 2 aromatic carbocycles. The van der Waals surface area contributed by atoms with Crippen molar-refractivity contribution >= 4 is 5.78 Å². The number of aromatic hydroxyl groups is 4. The molecule has 0 amide bonds. The molecular weight excluding hydrogens is 324 g/mol. The van der Waals surface area contributed by atoms with Crippen LogP contribution in [0.4, 0.5) is 0 Å². The summed E-state index contributed by atoms with van der Waals surface area (Å²) in [6.07, 6.45) is 1.15. The van der Waals surface area contributed by atoms with Gasteiger partial charge in [-0.25, -0.2) is 0 Å². The van der Waals surface area contributed by atoms with Crippen molar-refractivity contribution in [1.29, 1.82) is 0 Å². The van der Waals surface area contributed by atoms with Gasteiger partial charge in [-0.2, -0.15) is 0 Å². The zero-order valence-electron chi connectivity index (χ0n) is 13.7. The number of ketones is 1. The summed E-state index contributed by atoms with van der Waals surface area (Å²) in [6.45, 7) is 5.04. The Balaban J connectivity index is 2.32. The number of carbonyl (C=O) groups is 1. The highest BCUT2D eigenvalue weighted by atomic mass is 16.3. The van der Waals surface area contributed by atoms with Crippen molar-refractivity contribution in [3.63, 3.8) is 0 Å². The Hall–Kier alpha value is -2.99. The molecule has 0 radical (unpaired) electrons. The van der Waals surface area contributed by atoms with Crippen LogP contribution in [-0.4, -0.2) is 36.9 Å². The van der Waals surface area contributed by atoms with Crippen LogP contribution in [0.1, 0.15) is 28.4 Å².